The van der Waals surface area contributed by atoms with Crippen molar-refractivity contribution in [3.05, 3.63) is 20.9 Å². The van der Waals surface area contributed by atoms with Crippen LogP contribution >= 0.6 is 0 Å². The Balaban J connectivity index is 2.67. The predicted octanol–water partition coefficient (Wildman–Crippen LogP) is 1.13. The zero-order valence-electron chi connectivity index (χ0n) is 9.35. The van der Waals surface area contributed by atoms with Crippen LogP contribution in [0.4, 0.5) is 0 Å². The second kappa shape index (κ2) is 6.59. The van der Waals surface area contributed by atoms with Gasteiger partial charge in [0.25, 0.3) is 0 Å². The fourth-order valence-corrected chi connectivity index (χ4v) is 1.93. The van der Waals surface area contributed by atoms with Crippen molar-refractivity contribution in [1.82, 2.24) is 5.32 Å². The third-order valence-electron chi connectivity index (χ3n) is 2.67. The Labute approximate surface area is 97.4 Å². The third-order valence-corrected chi connectivity index (χ3v) is 2.67. The quantitative estimate of drug-likeness (QED) is 0.333. The molecule has 0 aromatic rings. The van der Waals surface area contributed by atoms with Crippen molar-refractivity contribution in [3.8, 4) is 0 Å². The Kier molecular flexibility index (Phi) is 5.09. The largest absolute Gasteiger partial charge is 0.468 e. The summed E-state index contributed by atoms with van der Waals surface area (Å²) in [7, 11) is 1.30. The van der Waals surface area contributed by atoms with Gasteiger partial charge in [-0.25, -0.2) is 0 Å². The third kappa shape index (κ3) is 3.53. The van der Waals surface area contributed by atoms with Gasteiger partial charge >= 0.3 is 5.97 Å². The summed E-state index contributed by atoms with van der Waals surface area (Å²) in [4.78, 5) is 16.8. The van der Waals surface area contributed by atoms with Crippen molar-refractivity contribution in [2.75, 3.05) is 20.2 Å². The van der Waals surface area contributed by atoms with Crippen LogP contribution in [0.25, 0.3) is 20.9 Å². The molecule has 0 aliphatic carbocycles. The number of nitrogens with zero attached hydrogens (tertiary/aromatic N) is 6. The number of methoxy groups -OCH3 is 1. The monoisotopic (exact) mass is 239 g/mol. The molecule has 0 radical (unpaired) electrons. The van der Waals surface area contributed by atoms with Crippen molar-refractivity contribution in [1.29, 1.82) is 0 Å². The number of carbonyl (C=O) groups excluding carboxylic acids is 1. The van der Waals surface area contributed by atoms with Gasteiger partial charge < -0.3 is 10.1 Å². The second-order valence-corrected chi connectivity index (χ2v) is 3.69. The summed E-state index contributed by atoms with van der Waals surface area (Å²) < 4.78 is 4.66. The fourth-order valence-electron chi connectivity index (χ4n) is 1.93. The van der Waals surface area contributed by atoms with Crippen LogP contribution in [-0.4, -0.2) is 38.3 Å². The first-order valence-electron chi connectivity index (χ1n) is 5.08. The number of azide groups is 2. The van der Waals surface area contributed by atoms with Crippen LogP contribution in [0.3, 0.4) is 0 Å². The minimum absolute atomic E-state index is 0.0890. The van der Waals surface area contributed by atoms with Crippen molar-refractivity contribution in [2.45, 2.75) is 18.5 Å². The molecular weight excluding hydrogens is 226 g/mol. The summed E-state index contributed by atoms with van der Waals surface area (Å²) >= 11 is 0. The van der Waals surface area contributed by atoms with E-state index in [1.807, 2.05) is 0 Å². The summed E-state index contributed by atoms with van der Waals surface area (Å²) in [5, 5.41) is 9.93. The number of ether oxygens (including phenoxy) is 1. The molecule has 1 saturated heterocycles. The van der Waals surface area contributed by atoms with Crippen LogP contribution in [-0.2, 0) is 9.53 Å². The van der Waals surface area contributed by atoms with Gasteiger partial charge in [0.05, 0.1) is 7.11 Å². The summed E-state index contributed by atoms with van der Waals surface area (Å²) in [6.45, 7) is 0.479. The molecule has 1 rings (SSSR count). The number of carbonyl (C=O) groups is 1. The lowest BCUT2D eigenvalue weighted by Crippen LogP contribution is -2.40. The van der Waals surface area contributed by atoms with Crippen LogP contribution in [0.2, 0.25) is 0 Å². The van der Waals surface area contributed by atoms with E-state index in [1.54, 1.807) is 0 Å². The average molecular weight is 239 g/mol. The lowest BCUT2D eigenvalue weighted by atomic mass is 9.99. The molecular formula is C8H13N7O2. The molecule has 0 bridgehead atoms. The minimum atomic E-state index is -0.510. The van der Waals surface area contributed by atoms with Crippen molar-refractivity contribution >= 4 is 5.97 Å². The molecule has 1 N–H and O–H groups in total. The Morgan fingerprint density at radius 2 is 2.06 bits per heavy atom. The standard InChI is InChI=1S/C8H13N7O2/c1-17-8(16)7-5(3-11-14-9)2-6(13-7)4-12-15-10/h5-7,13H,2-4H2,1H3/t5-,6+,7+/m1/s1. The molecule has 1 aliphatic heterocycles. The summed E-state index contributed by atoms with van der Waals surface area (Å²) in [5.41, 5.74) is 16.5. The normalized spacial score (nSPS) is 26.8. The number of rotatable bonds is 5. The first kappa shape index (κ1) is 13.1. The Hall–Kier alpha value is -1.95. The highest BCUT2D eigenvalue weighted by Crippen LogP contribution is 2.22. The van der Waals surface area contributed by atoms with Crippen molar-refractivity contribution in [2.24, 2.45) is 16.1 Å². The van der Waals surface area contributed by atoms with E-state index in [9.17, 15) is 4.79 Å². The van der Waals surface area contributed by atoms with Gasteiger partial charge in [-0.2, -0.15) is 0 Å². The van der Waals surface area contributed by atoms with E-state index in [1.165, 1.54) is 7.11 Å². The molecule has 0 saturated carbocycles. The summed E-state index contributed by atoms with van der Waals surface area (Å²) in [6, 6.07) is -0.599. The van der Waals surface area contributed by atoms with Gasteiger partial charge in [0.2, 0.25) is 0 Å². The van der Waals surface area contributed by atoms with Crippen LogP contribution in [0.15, 0.2) is 10.2 Å². The van der Waals surface area contributed by atoms with Crippen LogP contribution in [0, 0.1) is 5.92 Å². The Bertz CT molecular complexity index is 372. The highest BCUT2D eigenvalue weighted by Gasteiger charge is 2.37. The SMILES string of the molecule is COC(=O)[C@H]1N[C@H](CN=[N+]=[N-])C[C@@H]1CN=[N+]=[N-]. The number of nitrogens with one attached hydrogen (secondary N) is 1. The zero-order chi connectivity index (χ0) is 12.7. The maximum Gasteiger partial charge on any atom is 0.323 e. The van der Waals surface area contributed by atoms with Gasteiger partial charge in [0.1, 0.15) is 6.04 Å². The second-order valence-electron chi connectivity index (χ2n) is 3.69. The molecule has 1 heterocycles. The average Bonchev–Trinajstić information content (AvgIpc) is 2.76. The number of hydrogen-bond donors (Lipinski definition) is 1. The van der Waals surface area contributed by atoms with E-state index in [4.69, 9.17) is 11.1 Å². The Morgan fingerprint density at radius 1 is 1.41 bits per heavy atom. The van der Waals surface area contributed by atoms with Crippen molar-refractivity contribution in [3.63, 3.8) is 0 Å². The first-order valence-corrected chi connectivity index (χ1v) is 5.08. The molecule has 1 aliphatic rings. The van der Waals surface area contributed by atoms with Gasteiger partial charge in [0, 0.05) is 29.0 Å². The molecule has 9 heteroatoms. The molecule has 9 nitrogen and oxygen atoms in total. The molecule has 1 fully saturated rings. The maximum atomic E-state index is 11.5. The zero-order valence-corrected chi connectivity index (χ0v) is 9.35. The molecule has 17 heavy (non-hydrogen) atoms. The summed E-state index contributed by atoms with van der Waals surface area (Å²) in [6.07, 6.45) is 0.609. The lowest BCUT2D eigenvalue weighted by Gasteiger charge is -2.14. The van der Waals surface area contributed by atoms with Crippen LogP contribution in [0.1, 0.15) is 6.42 Å². The molecule has 0 spiro atoms. The van der Waals surface area contributed by atoms with Gasteiger partial charge in [-0.3, -0.25) is 4.79 Å². The highest BCUT2D eigenvalue weighted by atomic mass is 16.5. The fraction of sp³-hybridized carbons (Fsp3) is 0.875. The van der Waals surface area contributed by atoms with Gasteiger partial charge in [0.15, 0.2) is 0 Å². The highest BCUT2D eigenvalue weighted by molar-refractivity contribution is 5.76. The predicted molar refractivity (Wildman–Crippen MR) is 58.9 cm³/mol. The number of esters is 1. The summed E-state index contributed by atoms with van der Waals surface area (Å²) in [5.74, 6) is -0.524. The molecule has 0 aromatic heterocycles. The van der Waals surface area contributed by atoms with Gasteiger partial charge in [-0.15, -0.1) is 0 Å². The Morgan fingerprint density at radius 3 is 2.65 bits per heavy atom. The molecule has 0 amide bonds. The van der Waals surface area contributed by atoms with E-state index in [-0.39, 0.29) is 25.0 Å². The minimum Gasteiger partial charge on any atom is -0.468 e. The van der Waals surface area contributed by atoms with Crippen molar-refractivity contribution < 1.29 is 9.53 Å². The van der Waals surface area contributed by atoms with Gasteiger partial charge in [-0.05, 0) is 23.4 Å². The van der Waals surface area contributed by atoms with E-state index in [0.29, 0.717) is 6.42 Å². The van der Waals surface area contributed by atoms with E-state index in [2.05, 4.69) is 30.1 Å². The number of hydrogen-bond acceptors (Lipinski definition) is 5. The van der Waals surface area contributed by atoms with E-state index in [0.717, 1.165) is 0 Å². The smallest absolute Gasteiger partial charge is 0.323 e. The van der Waals surface area contributed by atoms with Crippen LogP contribution in [0.5, 0.6) is 0 Å². The van der Waals surface area contributed by atoms with Gasteiger partial charge in [-0.1, -0.05) is 10.2 Å². The lowest BCUT2D eigenvalue weighted by molar-refractivity contribution is -0.143. The topological polar surface area (TPSA) is 136 Å². The van der Waals surface area contributed by atoms with E-state index >= 15 is 0 Å². The first-order chi connectivity index (χ1) is 8.22. The molecule has 0 unspecified atom stereocenters. The van der Waals surface area contributed by atoms with E-state index < -0.39 is 12.0 Å². The molecule has 0 aromatic carbocycles. The van der Waals surface area contributed by atoms with Crippen LogP contribution < -0.4 is 5.32 Å². The maximum absolute atomic E-state index is 11.5. The molecule has 92 valence electrons. The molecule has 3 atom stereocenters.